The number of carbonyl (C=O) groups is 1. The second-order valence-corrected chi connectivity index (χ2v) is 5.60. The molecule has 0 saturated heterocycles. The van der Waals surface area contributed by atoms with Crippen LogP contribution >= 0.6 is 0 Å². The zero-order valence-corrected chi connectivity index (χ0v) is 13.4. The molecule has 0 aliphatic carbocycles. The van der Waals surface area contributed by atoms with E-state index in [4.69, 9.17) is 0 Å². The number of aromatic nitrogens is 2. The van der Waals surface area contributed by atoms with Crippen LogP contribution in [0.15, 0.2) is 40.1 Å². The van der Waals surface area contributed by atoms with Crippen molar-refractivity contribution in [3.63, 3.8) is 0 Å². The molecule has 8 heteroatoms. The van der Waals surface area contributed by atoms with Crippen LogP contribution in [0.25, 0.3) is 5.69 Å². The molecule has 1 aromatic carbocycles. The number of carboxylic acids is 1. The molecule has 0 fully saturated rings. The van der Waals surface area contributed by atoms with Crippen LogP contribution in [0.1, 0.15) is 16.8 Å². The van der Waals surface area contributed by atoms with Crippen molar-refractivity contribution in [3.8, 4) is 5.69 Å². The van der Waals surface area contributed by atoms with E-state index in [1.165, 1.54) is 16.7 Å². The highest BCUT2D eigenvalue weighted by Crippen LogP contribution is 2.05. The lowest BCUT2D eigenvalue weighted by Gasteiger charge is -2.13. The minimum absolute atomic E-state index is 0.121. The molecule has 0 amide bonds. The number of benzene rings is 1. The summed E-state index contributed by atoms with van der Waals surface area (Å²) in [5.41, 5.74) is -1.99. The zero-order chi connectivity index (χ0) is 17.9. The Morgan fingerprint density at radius 1 is 1.21 bits per heavy atom. The molecule has 0 saturated carbocycles. The van der Waals surface area contributed by atoms with Gasteiger partial charge >= 0.3 is 11.7 Å². The fourth-order valence-electron chi connectivity index (χ4n) is 2.28. The van der Waals surface area contributed by atoms with E-state index in [0.29, 0.717) is 13.0 Å². The van der Waals surface area contributed by atoms with Crippen LogP contribution in [0.5, 0.6) is 0 Å². The monoisotopic (exact) mass is 335 g/mol. The topological polar surface area (TPSA) is 84.5 Å². The Labute approximate surface area is 137 Å². The van der Waals surface area contributed by atoms with E-state index in [1.54, 1.807) is 0 Å². The minimum atomic E-state index is -1.42. The summed E-state index contributed by atoms with van der Waals surface area (Å²) in [7, 11) is 3.76. The highest BCUT2D eigenvalue weighted by atomic mass is 19.1. The smallest absolute Gasteiger partial charge is 0.342 e. The van der Waals surface area contributed by atoms with Gasteiger partial charge in [0, 0.05) is 12.7 Å². The van der Waals surface area contributed by atoms with Gasteiger partial charge in [0.1, 0.15) is 11.4 Å². The van der Waals surface area contributed by atoms with Gasteiger partial charge in [0.05, 0.1) is 5.69 Å². The molecule has 24 heavy (non-hydrogen) atoms. The summed E-state index contributed by atoms with van der Waals surface area (Å²) in [5, 5.41) is 9.21. The number of aromatic carboxylic acids is 1. The quantitative estimate of drug-likeness (QED) is 0.844. The Morgan fingerprint density at radius 2 is 1.83 bits per heavy atom. The summed E-state index contributed by atoms with van der Waals surface area (Å²) < 4.78 is 15.0. The van der Waals surface area contributed by atoms with Crippen LogP contribution in [0, 0.1) is 5.82 Å². The Balaban J connectivity index is 2.58. The van der Waals surface area contributed by atoms with Gasteiger partial charge in [-0.3, -0.25) is 9.36 Å². The van der Waals surface area contributed by atoms with E-state index >= 15 is 0 Å². The van der Waals surface area contributed by atoms with Gasteiger partial charge < -0.3 is 10.0 Å². The summed E-state index contributed by atoms with van der Waals surface area (Å²) in [4.78, 5) is 38.1. The maximum absolute atomic E-state index is 13.1. The Kier molecular flexibility index (Phi) is 5.30. The second-order valence-electron chi connectivity index (χ2n) is 5.60. The number of hydrogen-bond donors (Lipinski definition) is 1. The fraction of sp³-hybridized carbons (Fsp3) is 0.312. The maximum atomic E-state index is 13.1. The minimum Gasteiger partial charge on any atom is -0.477 e. The molecule has 1 N–H and O–H groups in total. The summed E-state index contributed by atoms with van der Waals surface area (Å²) in [6, 6.07) is 4.72. The first-order valence-corrected chi connectivity index (χ1v) is 7.31. The van der Waals surface area contributed by atoms with Gasteiger partial charge in [-0.2, -0.15) is 0 Å². The summed E-state index contributed by atoms with van der Waals surface area (Å²) >= 11 is 0. The van der Waals surface area contributed by atoms with Gasteiger partial charge in [-0.1, -0.05) is 0 Å². The van der Waals surface area contributed by atoms with Crippen molar-refractivity contribution in [1.82, 2.24) is 14.0 Å². The molecule has 0 spiro atoms. The molecule has 2 rings (SSSR count). The molecule has 1 aromatic heterocycles. The van der Waals surface area contributed by atoms with E-state index in [1.807, 2.05) is 19.0 Å². The molecule has 2 aromatic rings. The number of aryl methyl sites for hydroxylation is 1. The predicted octanol–water partition coefficient (Wildman–Crippen LogP) is 0.788. The normalized spacial score (nSPS) is 11.0. The largest absolute Gasteiger partial charge is 0.477 e. The molecule has 0 atom stereocenters. The van der Waals surface area contributed by atoms with Gasteiger partial charge in [0.25, 0.3) is 5.56 Å². The molecule has 0 aliphatic rings. The number of hydrogen-bond acceptors (Lipinski definition) is 4. The molecule has 0 bridgehead atoms. The predicted molar refractivity (Wildman–Crippen MR) is 86.4 cm³/mol. The fourth-order valence-corrected chi connectivity index (χ4v) is 2.28. The Bertz CT molecular complexity index is 853. The molecule has 0 radical (unpaired) electrons. The van der Waals surface area contributed by atoms with Gasteiger partial charge in [0.15, 0.2) is 0 Å². The summed E-state index contributed by atoms with van der Waals surface area (Å²) in [6.07, 6.45) is 1.66. The molecule has 7 nitrogen and oxygen atoms in total. The molecule has 0 aliphatic heterocycles. The first kappa shape index (κ1) is 17.6. The van der Waals surface area contributed by atoms with Crippen molar-refractivity contribution in [2.75, 3.05) is 20.6 Å². The molecular formula is C16H18FN3O4. The molecule has 0 unspecified atom stereocenters. The number of halogens is 1. The third-order valence-corrected chi connectivity index (χ3v) is 3.47. The lowest BCUT2D eigenvalue weighted by molar-refractivity contribution is 0.0693. The number of rotatable bonds is 6. The highest BCUT2D eigenvalue weighted by molar-refractivity contribution is 5.86. The summed E-state index contributed by atoms with van der Waals surface area (Å²) in [5.74, 6) is -1.94. The van der Waals surface area contributed by atoms with Gasteiger partial charge in [-0.05, 0) is 51.3 Å². The first-order valence-electron chi connectivity index (χ1n) is 7.31. The van der Waals surface area contributed by atoms with Crippen molar-refractivity contribution in [1.29, 1.82) is 0 Å². The average Bonchev–Trinajstić information content (AvgIpc) is 2.50. The van der Waals surface area contributed by atoms with Crippen LogP contribution in [0.2, 0.25) is 0 Å². The van der Waals surface area contributed by atoms with Crippen LogP contribution in [0.3, 0.4) is 0 Å². The van der Waals surface area contributed by atoms with E-state index in [2.05, 4.69) is 0 Å². The van der Waals surface area contributed by atoms with Crippen LogP contribution in [0.4, 0.5) is 4.39 Å². The summed E-state index contributed by atoms with van der Waals surface area (Å²) in [6.45, 7) is 0.962. The molecular weight excluding hydrogens is 317 g/mol. The number of carboxylic acid groups (broad SMARTS) is 1. The van der Waals surface area contributed by atoms with Gasteiger partial charge in [-0.15, -0.1) is 0 Å². The van der Waals surface area contributed by atoms with Crippen molar-refractivity contribution in [2.24, 2.45) is 0 Å². The van der Waals surface area contributed by atoms with Gasteiger partial charge in [0.2, 0.25) is 0 Å². The zero-order valence-electron chi connectivity index (χ0n) is 13.4. The van der Waals surface area contributed by atoms with E-state index in [9.17, 15) is 23.9 Å². The molecule has 128 valence electrons. The SMILES string of the molecule is CN(C)CCCn1cc(C(=O)O)c(=O)n(-c2ccc(F)cc2)c1=O. The van der Waals surface area contributed by atoms with Gasteiger partial charge in [-0.25, -0.2) is 18.5 Å². The van der Waals surface area contributed by atoms with Crippen LogP contribution in [-0.4, -0.2) is 45.8 Å². The first-order chi connectivity index (χ1) is 11.3. The van der Waals surface area contributed by atoms with Crippen LogP contribution in [-0.2, 0) is 6.54 Å². The average molecular weight is 335 g/mol. The number of nitrogens with zero attached hydrogens (tertiary/aromatic N) is 3. The molecule has 1 heterocycles. The Hall–Kier alpha value is -2.74. The van der Waals surface area contributed by atoms with Crippen molar-refractivity contribution in [3.05, 3.63) is 62.7 Å². The van der Waals surface area contributed by atoms with E-state index in [0.717, 1.165) is 22.9 Å². The highest BCUT2D eigenvalue weighted by Gasteiger charge is 2.17. The van der Waals surface area contributed by atoms with Crippen molar-refractivity contribution in [2.45, 2.75) is 13.0 Å². The third-order valence-electron chi connectivity index (χ3n) is 3.47. The van der Waals surface area contributed by atoms with Crippen LogP contribution < -0.4 is 11.2 Å². The maximum Gasteiger partial charge on any atom is 0.342 e. The van der Waals surface area contributed by atoms with Crippen molar-refractivity contribution >= 4 is 5.97 Å². The Morgan fingerprint density at radius 3 is 2.38 bits per heavy atom. The standard InChI is InChI=1S/C16H18FN3O4/c1-18(2)8-3-9-19-10-13(15(22)23)14(21)20(16(19)24)12-6-4-11(17)5-7-12/h4-7,10H,3,8-9H2,1-2H3,(H,22,23). The third kappa shape index (κ3) is 3.77. The lowest BCUT2D eigenvalue weighted by Crippen LogP contribution is -2.41. The lowest BCUT2D eigenvalue weighted by atomic mass is 10.2. The van der Waals surface area contributed by atoms with E-state index < -0.39 is 28.6 Å². The van der Waals surface area contributed by atoms with E-state index in [-0.39, 0.29) is 12.2 Å². The van der Waals surface area contributed by atoms with Crippen molar-refractivity contribution < 1.29 is 14.3 Å². The second kappa shape index (κ2) is 7.22.